The molecule has 5 aliphatic heterocycles. The molecule has 0 aromatic carbocycles. The summed E-state index contributed by atoms with van der Waals surface area (Å²) in [5.41, 5.74) is 0. The van der Waals surface area contributed by atoms with Crippen molar-refractivity contribution in [3.8, 4) is 0 Å². The predicted octanol–water partition coefficient (Wildman–Crippen LogP) is -7.03. The molecule has 502 valence electrons. The van der Waals surface area contributed by atoms with E-state index in [9.17, 15) is 71.5 Å². The molecule has 0 amide bonds. The second kappa shape index (κ2) is 38.5. The first-order valence-corrected chi connectivity index (χ1v) is 29.2. The Morgan fingerprint density at radius 2 is 0.635 bits per heavy atom. The molecule has 0 aromatic rings. The molecule has 5 aliphatic rings. The van der Waals surface area contributed by atoms with E-state index in [0.717, 1.165) is 0 Å². The summed E-state index contributed by atoms with van der Waals surface area (Å²) in [5.74, 6) is -0.862. The highest BCUT2D eigenvalue weighted by Crippen LogP contribution is 2.39. The summed E-state index contributed by atoms with van der Waals surface area (Å²) >= 11 is 0. The third kappa shape index (κ3) is 20.9. The van der Waals surface area contributed by atoms with E-state index in [1.165, 1.54) is 0 Å². The molecule has 15 unspecified atom stereocenters. The molecule has 5 saturated heterocycles. The largest absolute Gasteiger partial charge is 0.394 e. The SMILES string of the molecule is CC(C)O[C@@H]1OC(COCCO)[C@@H](OCC2O[C@@H](O[C@H]3C(COCCO)O[C@@H](OC(C)C)C(OCCO)C3O)C(O)C(O)[C@H]2O[C@@H]2OC(CO)[C@H](O[C@@H]3OC(COCCO)[C@@H](C(C)C)C(O)C3OCCO)C(O)C2OCCO)C(O)C1OCCO. The van der Waals surface area contributed by atoms with Crippen molar-refractivity contribution in [3.63, 3.8) is 0 Å². The van der Waals surface area contributed by atoms with Gasteiger partial charge >= 0.3 is 0 Å². The van der Waals surface area contributed by atoms with Crippen molar-refractivity contribution in [2.45, 2.75) is 201 Å². The van der Waals surface area contributed by atoms with E-state index < -0.39 is 218 Å². The Morgan fingerprint density at radius 1 is 0.306 bits per heavy atom. The molecule has 0 aromatic heterocycles. The molecule has 85 heavy (non-hydrogen) atoms. The summed E-state index contributed by atoms with van der Waals surface area (Å²) in [6, 6.07) is 0. The van der Waals surface area contributed by atoms with Crippen molar-refractivity contribution in [1.82, 2.24) is 0 Å². The normalized spacial score (nSPS) is 39.4. The van der Waals surface area contributed by atoms with Gasteiger partial charge in [0, 0.05) is 5.92 Å². The van der Waals surface area contributed by atoms with Gasteiger partial charge in [0.25, 0.3) is 0 Å². The smallest absolute Gasteiger partial charge is 0.187 e. The van der Waals surface area contributed by atoms with Gasteiger partial charge in [0.05, 0.1) is 150 Å². The summed E-state index contributed by atoms with van der Waals surface area (Å²) in [4.78, 5) is 0. The van der Waals surface area contributed by atoms with Gasteiger partial charge < -0.3 is 157 Å². The molecule has 0 spiro atoms. The maximum Gasteiger partial charge on any atom is 0.187 e. The van der Waals surface area contributed by atoms with Gasteiger partial charge in [-0.3, -0.25) is 0 Å². The van der Waals surface area contributed by atoms with Crippen LogP contribution in [0.5, 0.6) is 0 Å². The summed E-state index contributed by atoms with van der Waals surface area (Å²) in [7, 11) is 0. The van der Waals surface area contributed by atoms with Crippen LogP contribution in [-0.4, -0.2) is 357 Å². The van der Waals surface area contributed by atoms with Crippen LogP contribution < -0.4 is 0 Å². The molecule has 0 aliphatic carbocycles. The monoisotopic (exact) mass is 1250 g/mol. The molecule has 32 heteroatoms. The van der Waals surface area contributed by atoms with Crippen LogP contribution in [0.4, 0.5) is 0 Å². The van der Waals surface area contributed by atoms with Crippen molar-refractivity contribution < 1.29 is 157 Å². The average molecular weight is 1250 g/mol. The lowest BCUT2D eigenvalue weighted by molar-refractivity contribution is -0.395. The van der Waals surface area contributed by atoms with Crippen LogP contribution in [0.1, 0.15) is 41.5 Å². The van der Waals surface area contributed by atoms with Crippen molar-refractivity contribution in [1.29, 1.82) is 0 Å². The minimum absolute atomic E-state index is 0.0629. The molecule has 25 atom stereocenters. The van der Waals surface area contributed by atoms with Gasteiger partial charge in [-0.2, -0.15) is 0 Å². The van der Waals surface area contributed by atoms with Crippen LogP contribution in [0.2, 0.25) is 0 Å². The second-order valence-corrected chi connectivity index (χ2v) is 21.8. The van der Waals surface area contributed by atoms with E-state index >= 15 is 0 Å². The van der Waals surface area contributed by atoms with Crippen molar-refractivity contribution >= 4 is 0 Å². The molecular weight excluding hydrogens is 1150 g/mol. The highest BCUT2D eigenvalue weighted by Gasteiger charge is 2.58. The second-order valence-electron chi connectivity index (χ2n) is 21.8. The minimum Gasteiger partial charge on any atom is -0.394 e. The highest BCUT2D eigenvalue weighted by atomic mass is 16.8. The van der Waals surface area contributed by atoms with E-state index in [4.69, 9.17) is 85.3 Å². The van der Waals surface area contributed by atoms with Crippen LogP contribution in [0.25, 0.3) is 0 Å². The lowest BCUT2D eigenvalue weighted by Crippen LogP contribution is -2.68. The zero-order valence-corrected chi connectivity index (χ0v) is 49.2. The molecule has 5 heterocycles. The molecule has 0 saturated carbocycles. The maximum atomic E-state index is 12.3. The molecule has 32 nitrogen and oxygen atoms in total. The number of rotatable bonds is 39. The molecule has 0 bridgehead atoms. The fourth-order valence-corrected chi connectivity index (χ4v) is 10.8. The Hall–Kier alpha value is -1.28. The quantitative estimate of drug-likeness (QED) is 0.0254. The first-order valence-electron chi connectivity index (χ1n) is 29.2. The van der Waals surface area contributed by atoms with Crippen molar-refractivity contribution in [2.75, 3.05) is 126 Å². The van der Waals surface area contributed by atoms with E-state index in [-0.39, 0.29) is 78.6 Å². The third-order valence-electron chi connectivity index (χ3n) is 14.5. The van der Waals surface area contributed by atoms with Gasteiger partial charge in [-0.05, 0) is 33.6 Å². The van der Waals surface area contributed by atoms with Crippen molar-refractivity contribution in [2.24, 2.45) is 11.8 Å². The standard InChI is InChI=1S/C53H98O32/c1-26(2)34-30(22-68-14-7-54)79-52(45(35(34)62)71-17-10-57)84-42-29(21-61)78-53(48(39(42)66)74-20-13-60)85-43-33(25-75-41-31(23-69-15-8-55)81-50(76-27(3)4)46(38(41)65)72-18-11-58)80-49(37(64)36(43)63)83-44-32(24-70-16-9-56)82-51(77-28(5)6)47(40(44)67)73-19-12-59/h26-67H,7-25H2,1-6H3/t29?,30?,31?,32?,33?,34-,35?,36?,37?,38?,39?,40?,41-,42+,43+,44+,45?,46?,47?,48?,49+,50-,51-,52+,53+/m1/s1. The summed E-state index contributed by atoms with van der Waals surface area (Å²) in [6.07, 6.45) is -38.2. The molecule has 14 N–H and O–H groups in total. The van der Waals surface area contributed by atoms with Gasteiger partial charge in [-0.15, -0.1) is 0 Å². The van der Waals surface area contributed by atoms with Crippen LogP contribution in [0, 0.1) is 11.8 Å². The van der Waals surface area contributed by atoms with Crippen molar-refractivity contribution in [3.05, 3.63) is 0 Å². The highest BCUT2D eigenvalue weighted by molar-refractivity contribution is 5.00. The Morgan fingerprint density at radius 3 is 1.06 bits per heavy atom. The van der Waals surface area contributed by atoms with Gasteiger partial charge in [0.1, 0.15) is 104 Å². The van der Waals surface area contributed by atoms with Gasteiger partial charge in [-0.25, -0.2) is 0 Å². The average Bonchev–Trinajstić information content (AvgIpc) is 1.77. The van der Waals surface area contributed by atoms with Crippen LogP contribution in [0.15, 0.2) is 0 Å². The van der Waals surface area contributed by atoms with E-state index in [1.54, 1.807) is 27.7 Å². The fourth-order valence-electron chi connectivity index (χ4n) is 10.8. The van der Waals surface area contributed by atoms with E-state index in [2.05, 4.69) is 0 Å². The van der Waals surface area contributed by atoms with Crippen LogP contribution in [0.3, 0.4) is 0 Å². The lowest BCUT2D eigenvalue weighted by Gasteiger charge is -2.51. The summed E-state index contributed by atoms with van der Waals surface area (Å²) in [6.45, 7) is 3.29. The lowest BCUT2D eigenvalue weighted by atomic mass is 9.81. The van der Waals surface area contributed by atoms with Gasteiger partial charge in [-0.1, -0.05) is 13.8 Å². The fraction of sp³-hybridized carbons (Fsp3) is 1.00. The zero-order chi connectivity index (χ0) is 62.3. The Kier molecular flexibility index (Phi) is 33.8. The van der Waals surface area contributed by atoms with E-state index in [1.807, 2.05) is 13.8 Å². The maximum absolute atomic E-state index is 12.3. The number of hydrogen-bond acceptors (Lipinski definition) is 32. The molecule has 0 radical (unpaired) electrons. The summed E-state index contributed by atoms with van der Waals surface area (Å²) in [5, 5.41) is 151. The number of hydrogen-bond donors (Lipinski definition) is 14. The topological polar surface area (TPSA) is 449 Å². The Balaban J connectivity index is 1.54. The minimum atomic E-state index is -2.12. The predicted molar refractivity (Wildman–Crippen MR) is 283 cm³/mol. The zero-order valence-electron chi connectivity index (χ0n) is 49.2. The first-order chi connectivity index (χ1) is 40.8. The molecular formula is C53H98O32. The Labute approximate surface area is 494 Å². The third-order valence-corrected chi connectivity index (χ3v) is 14.5. The molecule has 5 rings (SSSR count). The van der Waals surface area contributed by atoms with Crippen LogP contribution >= 0.6 is 0 Å². The number of aliphatic hydroxyl groups is 14. The van der Waals surface area contributed by atoms with Gasteiger partial charge in [0.15, 0.2) is 31.5 Å². The van der Waals surface area contributed by atoms with Crippen LogP contribution in [-0.2, 0) is 85.3 Å². The summed E-state index contributed by atoms with van der Waals surface area (Å²) < 4.78 is 109. The van der Waals surface area contributed by atoms with E-state index in [0.29, 0.717) is 0 Å². The first kappa shape index (κ1) is 74.4. The molecule has 5 fully saturated rings. The number of aliphatic hydroxyl groups excluding tert-OH is 14. The Bertz CT molecular complexity index is 1740. The van der Waals surface area contributed by atoms with Gasteiger partial charge in [0.2, 0.25) is 0 Å². The number of ether oxygens (including phenoxy) is 18.